The van der Waals surface area contributed by atoms with Crippen LogP contribution in [0.2, 0.25) is 0 Å². The number of benzene rings is 2. The minimum atomic E-state index is -1.13. The molecule has 0 aliphatic rings. The van der Waals surface area contributed by atoms with E-state index in [1.807, 2.05) is 24.3 Å². The summed E-state index contributed by atoms with van der Waals surface area (Å²) in [6.45, 7) is 0. The average molecular weight is 319 g/mol. The van der Waals surface area contributed by atoms with Gasteiger partial charge in [-0.25, -0.2) is 9.59 Å². The highest BCUT2D eigenvalue weighted by molar-refractivity contribution is 6.17. The number of carbonyl (C=O) groups is 2. The first-order valence-corrected chi connectivity index (χ1v) is 7.28. The summed E-state index contributed by atoms with van der Waals surface area (Å²) >= 11 is 5.73. The van der Waals surface area contributed by atoms with Crippen LogP contribution in [-0.4, -0.2) is 22.2 Å². The molecule has 0 fully saturated rings. The van der Waals surface area contributed by atoms with Crippen LogP contribution in [0.4, 0.5) is 0 Å². The molecule has 0 unspecified atom stereocenters. The predicted octanol–water partition coefficient (Wildman–Crippen LogP) is 3.61. The molecule has 0 radical (unpaired) electrons. The lowest BCUT2D eigenvalue weighted by Crippen LogP contribution is -2.07. The van der Waals surface area contributed by atoms with Gasteiger partial charge in [0.1, 0.15) is 0 Å². The summed E-state index contributed by atoms with van der Waals surface area (Å²) in [5, 5.41) is 18.2. The lowest BCUT2D eigenvalue weighted by Gasteiger charge is -2.08. The summed E-state index contributed by atoms with van der Waals surface area (Å²) in [6.07, 6.45) is 1.21. The maximum atomic E-state index is 11.3. The van der Waals surface area contributed by atoms with Gasteiger partial charge in [-0.2, -0.15) is 0 Å². The Labute approximate surface area is 133 Å². The van der Waals surface area contributed by atoms with Gasteiger partial charge in [-0.1, -0.05) is 30.3 Å². The first kappa shape index (κ1) is 16.0. The highest BCUT2D eigenvalue weighted by Crippen LogP contribution is 2.16. The van der Waals surface area contributed by atoms with E-state index >= 15 is 0 Å². The molecule has 0 aromatic heterocycles. The van der Waals surface area contributed by atoms with E-state index in [9.17, 15) is 14.7 Å². The summed E-state index contributed by atoms with van der Waals surface area (Å²) in [5.74, 6) is -1.79. The van der Waals surface area contributed by atoms with E-state index < -0.39 is 11.9 Å². The second-order valence-corrected chi connectivity index (χ2v) is 5.20. The van der Waals surface area contributed by atoms with E-state index in [1.165, 1.54) is 12.1 Å². The van der Waals surface area contributed by atoms with E-state index in [2.05, 4.69) is 0 Å². The first-order chi connectivity index (χ1) is 10.5. The second-order valence-electron chi connectivity index (χ2n) is 4.93. The summed E-state index contributed by atoms with van der Waals surface area (Å²) in [6, 6.07) is 12.0. The van der Waals surface area contributed by atoms with E-state index in [0.29, 0.717) is 24.3 Å². The number of hydrogen-bond donors (Lipinski definition) is 2. The van der Waals surface area contributed by atoms with Crippen molar-refractivity contribution in [1.82, 2.24) is 0 Å². The van der Waals surface area contributed by atoms with E-state index in [1.54, 1.807) is 6.07 Å². The monoisotopic (exact) mass is 318 g/mol. The fourth-order valence-corrected chi connectivity index (χ4v) is 2.38. The quantitative estimate of drug-likeness (QED) is 0.798. The molecule has 0 amide bonds. The van der Waals surface area contributed by atoms with Crippen molar-refractivity contribution in [3.63, 3.8) is 0 Å². The number of alkyl halides is 1. The number of carboxylic acids is 2. The Morgan fingerprint density at radius 1 is 0.864 bits per heavy atom. The summed E-state index contributed by atoms with van der Waals surface area (Å²) in [5.41, 5.74) is 2.75. The molecule has 114 valence electrons. The maximum absolute atomic E-state index is 11.3. The Balaban J connectivity index is 2.17. The van der Waals surface area contributed by atoms with Crippen LogP contribution in [-0.2, 0) is 18.7 Å². The van der Waals surface area contributed by atoms with Gasteiger partial charge in [-0.05, 0) is 41.7 Å². The molecule has 22 heavy (non-hydrogen) atoms. The Kier molecular flexibility index (Phi) is 5.17. The zero-order valence-corrected chi connectivity index (χ0v) is 12.5. The molecule has 0 bridgehead atoms. The molecule has 0 atom stereocenters. The molecule has 2 rings (SSSR count). The average Bonchev–Trinajstić information content (AvgIpc) is 2.53. The van der Waals surface area contributed by atoms with Crippen LogP contribution in [0.25, 0.3) is 0 Å². The van der Waals surface area contributed by atoms with Crippen LogP contribution < -0.4 is 0 Å². The zero-order chi connectivity index (χ0) is 16.1. The first-order valence-electron chi connectivity index (χ1n) is 6.74. The van der Waals surface area contributed by atoms with Gasteiger partial charge in [0.25, 0.3) is 0 Å². The number of aromatic carboxylic acids is 2. The van der Waals surface area contributed by atoms with Crippen LogP contribution in [0.3, 0.4) is 0 Å². The van der Waals surface area contributed by atoms with Crippen molar-refractivity contribution < 1.29 is 19.8 Å². The van der Waals surface area contributed by atoms with Gasteiger partial charge in [0.15, 0.2) is 0 Å². The third-order valence-electron chi connectivity index (χ3n) is 3.45. The summed E-state index contributed by atoms with van der Waals surface area (Å²) in [7, 11) is 0. The van der Waals surface area contributed by atoms with Gasteiger partial charge in [0, 0.05) is 5.88 Å². The molecule has 2 N–H and O–H groups in total. The SMILES string of the molecule is O=C(O)c1ccc(CCc2ccc(CCl)cc2)c(C(=O)O)c1. The normalized spacial score (nSPS) is 10.4. The molecule has 2 aromatic carbocycles. The predicted molar refractivity (Wildman–Crippen MR) is 83.8 cm³/mol. The van der Waals surface area contributed by atoms with Gasteiger partial charge < -0.3 is 10.2 Å². The Hall–Kier alpha value is -2.33. The second kappa shape index (κ2) is 7.09. The molecule has 5 heteroatoms. The van der Waals surface area contributed by atoms with E-state index in [4.69, 9.17) is 16.7 Å². The molecule has 4 nitrogen and oxygen atoms in total. The summed E-state index contributed by atoms with van der Waals surface area (Å²) in [4.78, 5) is 22.2. The highest BCUT2D eigenvalue weighted by Gasteiger charge is 2.13. The molecule has 0 saturated heterocycles. The topological polar surface area (TPSA) is 74.6 Å². The van der Waals surface area contributed by atoms with Crippen molar-refractivity contribution in [2.24, 2.45) is 0 Å². The Morgan fingerprint density at radius 2 is 1.50 bits per heavy atom. The van der Waals surface area contributed by atoms with Crippen molar-refractivity contribution in [3.8, 4) is 0 Å². The van der Waals surface area contributed by atoms with E-state index in [-0.39, 0.29) is 11.1 Å². The molecule has 2 aromatic rings. The van der Waals surface area contributed by atoms with Crippen molar-refractivity contribution >= 4 is 23.5 Å². The molecule has 0 aliphatic heterocycles. The van der Waals surface area contributed by atoms with Gasteiger partial charge in [0.05, 0.1) is 11.1 Å². The van der Waals surface area contributed by atoms with Crippen LogP contribution in [0.5, 0.6) is 0 Å². The number of hydrogen-bond acceptors (Lipinski definition) is 2. The van der Waals surface area contributed by atoms with Crippen molar-refractivity contribution in [1.29, 1.82) is 0 Å². The third kappa shape index (κ3) is 3.86. The van der Waals surface area contributed by atoms with Crippen LogP contribution >= 0.6 is 11.6 Å². The zero-order valence-electron chi connectivity index (χ0n) is 11.8. The van der Waals surface area contributed by atoms with Crippen LogP contribution in [0.15, 0.2) is 42.5 Å². The van der Waals surface area contributed by atoms with Gasteiger partial charge in [-0.15, -0.1) is 11.6 Å². The minimum Gasteiger partial charge on any atom is -0.478 e. The molecule has 0 aliphatic carbocycles. The van der Waals surface area contributed by atoms with Crippen molar-refractivity contribution in [2.45, 2.75) is 18.7 Å². The van der Waals surface area contributed by atoms with Gasteiger partial charge in [-0.3, -0.25) is 0 Å². The van der Waals surface area contributed by atoms with Crippen molar-refractivity contribution in [3.05, 3.63) is 70.3 Å². The van der Waals surface area contributed by atoms with Gasteiger partial charge >= 0.3 is 11.9 Å². The number of aryl methyl sites for hydroxylation is 2. The molecular weight excluding hydrogens is 304 g/mol. The Morgan fingerprint density at radius 3 is 2.05 bits per heavy atom. The molecule has 0 saturated carbocycles. The molecule has 0 heterocycles. The molecular formula is C17H15ClO4. The van der Waals surface area contributed by atoms with Crippen molar-refractivity contribution in [2.75, 3.05) is 0 Å². The van der Waals surface area contributed by atoms with Crippen LogP contribution in [0, 0.1) is 0 Å². The van der Waals surface area contributed by atoms with Crippen LogP contribution in [0.1, 0.15) is 37.4 Å². The number of rotatable bonds is 6. The third-order valence-corrected chi connectivity index (χ3v) is 3.76. The standard InChI is InChI=1S/C17H15ClO4/c18-10-12-3-1-11(2-4-12)5-6-13-7-8-14(16(19)20)9-15(13)17(21)22/h1-4,7-9H,5-6,10H2,(H,19,20)(H,21,22). The lowest BCUT2D eigenvalue weighted by atomic mass is 9.97. The largest absolute Gasteiger partial charge is 0.478 e. The highest BCUT2D eigenvalue weighted by atomic mass is 35.5. The summed E-state index contributed by atoms with van der Waals surface area (Å²) < 4.78 is 0. The Bertz CT molecular complexity index is 692. The maximum Gasteiger partial charge on any atom is 0.335 e. The smallest absolute Gasteiger partial charge is 0.335 e. The number of halogens is 1. The van der Waals surface area contributed by atoms with E-state index in [0.717, 1.165) is 11.1 Å². The minimum absolute atomic E-state index is 0.0207. The van der Waals surface area contributed by atoms with Gasteiger partial charge in [0.2, 0.25) is 0 Å². The fraction of sp³-hybridized carbons (Fsp3) is 0.176. The lowest BCUT2D eigenvalue weighted by molar-refractivity contribution is 0.0695. The fourth-order valence-electron chi connectivity index (χ4n) is 2.20. The number of carboxylic acid groups (broad SMARTS) is 2. The molecule has 0 spiro atoms.